The fourth-order valence-corrected chi connectivity index (χ4v) is 2.25. The number of hydrogen-bond acceptors (Lipinski definition) is 1. The summed E-state index contributed by atoms with van der Waals surface area (Å²) in [5, 5.41) is 0.524. The average molecular weight is 307 g/mol. The van der Waals surface area contributed by atoms with E-state index in [0.717, 1.165) is 12.1 Å². The molecule has 0 unspecified atom stereocenters. The van der Waals surface area contributed by atoms with Gasteiger partial charge in [0.05, 0.1) is 10.0 Å². The lowest BCUT2D eigenvalue weighted by Gasteiger charge is -2.13. The third-order valence-electron chi connectivity index (χ3n) is 2.39. The van der Waals surface area contributed by atoms with E-state index in [1.807, 2.05) is 0 Å². The molecule has 100 valence electrons. The van der Waals surface area contributed by atoms with E-state index in [9.17, 15) is 13.2 Å². The van der Waals surface area contributed by atoms with E-state index in [4.69, 9.17) is 23.2 Å². The molecule has 0 radical (unpaired) electrons. The Balaban J connectivity index is 2.61. The van der Waals surface area contributed by atoms with Crippen molar-refractivity contribution in [1.29, 1.82) is 0 Å². The molecule has 2 rings (SSSR count). The van der Waals surface area contributed by atoms with Crippen molar-refractivity contribution in [3.05, 3.63) is 52.3 Å². The molecule has 2 aromatic rings. The van der Waals surface area contributed by atoms with Gasteiger partial charge in [-0.15, -0.1) is 0 Å². The molecule has 0 heterocycles. The molecule has 0 aromatic heterocycles. The fraction of sp³-hybridized carbons (Fsp3) is 0.0769. The minimum atomic E-state index is -3.07. The van der Waals surface area contributed by atoms with Crippen LogP contribution in [-0.4, -0.2) is 6.61 Å². The van der Waals surface area contributed by atoms with Crippen LogP contribution in [0.2, 0.25) is 10.0 Å². The number of alkyl halides is 2. The van der Waals surface area contributed by atoms with Gasteiger partial charge in [-0.2, -0.15) is 8.78 Å². The molecule has 0 N–H and O–H groups in total. The van der Waals surface area contributed by atoms with E-state index in [1.54, 1.807) is 18.2 Å². The molecule has 0 spiro atoms. The highest BCUT2D eigenvalue weighted by molar-refractivity contribution is 6.39. The van der Waals surface area contributed by atoms with Gasteiger partial charge < -0.3 is 4.74 Å². The van der Waals surface area contributed by atoms with Crippen molar-refractivity contribution in [2.24, 2.45) is 0 Å². The Labute approximate surface area is 117 Å². The fourth-order valence-electron chi connectivity index (χ4n) is 1.65. The Kier molecular flexibility index (Phi) is 4.22. The third kappa shape index (κ3) is 3.14. The first-order chi connectivity index (χ1) is 8.99. The zero-order chi connectivity index (χ0) is 14.0. The van der Waals surface area contributed by atoms with E-state index in [0.29, 0.717) is 5.56 Å². The summed E-state index contributed by atoms with van der Waals surface area (Å²) in [6.07, 6.45) is 0. The molecular weight excluding hydrogens is 300 g/mol. The van der Waals surface area contributed by atoms with Crippen molar-refractivity contribution in [2.75, 3.05) is 0 Å². The van der Waals surface area contributed by atoms with Crippen molar-refractivity contribution in [2.45, 2.75) is 6.61 Å². The van der Waals surface area contributed by atoms with Gasteiger partial charge in [0.25, 0.3) is 0 Å². The zero-order valence-corrected chi connectivity index (χ0v) is 10.9. The SMILES string of the molecule is Fc1ccc(-c2c(Cl)cccc2Cl)c(OC(F)F)c1. The van der Waals surface area contributed by atoms with E-state index in [1.165, 1.54) is 6.07 Å². The molecule has 1 nitrogen and oxygen atoms in total. The summed E-state index contributed by atoms with van der Waals surface area (Å²) < 4.78 is 42.1. The van der Waals surface area contributed by atoms with E-state index in [2.05, 4.69) is 4.74 Å². The summed E-state index contributed by atoms with van der Waals surface area (Å²) in [6.45, 7) is -3.07. The molecule has 0 aliphatic carbocycles. The van der Waals surface area contributed by atoms with Crippen molar-refractivity contribution in [1.82, 2.24) is 0 Å². The van der Waals surface area contributed by atoms with Gasteiger partial charge in [-0.1, -0.05) is 29.3 Å². The second-order valence-electron chi connectivity index (χ2n) is 3.62. The molecular formula is C13H7Cl2F3O. The van der Waals surface area contributed by atoms with Crippen LogP contribution in [-0.2, 0) is 0 Å². The smallest absolute Gasteiger partial charge is 0.387 e. The monoisotopic (exact) mass is 306 g/mol. The van der Waals surface area contributed by atoms with Crippen molar-refractivity contribution in [3.8, 4) is 16.9 Å². The van der Waals surface area contributed by atoms with Gasteiger partial charge in [-0.25, -0.2) is 4.39 Å². The van der Waals surface area contributed by atoms with Crippen LogP contribution in [0.25, 0.3) is 11.1 Å². The van der Waals surface area contributed by atoms with Gasteiger partial charge in [0, 0.05) is 17.2 Å². The number of halogens is 5. The average Bonchev–Trinajstić information content (AvgIpc) is 2.30. The largest absolute Gasteiger partial charge is 0.434 e. The van der Waals surface area contributed by atoms with Gasteiger partial charge >= 0.3 is 6.61 Å². The zero-order valence-electron chi connectivity index (χ0n) is 9.34. The number of rotatable bonds is 3. The number of benzene rings is 2. The van der Waals surface area contributed by atoms with E-state index in [-0.39, 0.29) is 21.4 Å². The summed E-state index contributed by atoms with van der Waals surface area (Å²) in [4.78, 5) is 0. The van der Waals surface area contributed by atoms with E-state index >= 15 is 0 Å². The van der Waals surface area contributed by atoms with Crippen LogP contribution in [0.15, 0.2) is 36.4 Å². The highest BCUT2D eigenvalue weighted by Gasteiger charge is 2.16. The lowest BCUT2D eigenvalue weighted by molar-refractivity contribution is -0.0495. The first kappa shape index (κ1) is 14.0. The summed E-state index contributed by atoms with van der Waals surface area (Å²) in [6, 6.07) is 8.00. The maximum absolute atomic E-state index is 13.1. The van der Waals surface area contributed by atoms with Gasteiger partial charge in [0.15, 0.2) is 0 Å². The Morgan fingerprint density at radius 1 is 1.00 bits per heavy atom. The minimum Gasteiger partial charge on any atom is -0.434 e. The molecule has 0 aliphatic rings. The molecule has 0 bridgehead atoms. The molecule has 0 atom stereocenters. The highest BCUT2D eigenvalue weighted by atomic mass is 35.5. The Bertz CT molecular complexity index is 582. The lowest BCUT2D eigenvalue weighted by Crippen LogP contribution is -2.03. The topological polar surface area (TPSA) is 9.23 Å². The molecule has 19 heavy (non-hydrogen) atoms. The molecule has 0 aliphatic heterocycles. The van der Waals surface area contributed by atoms with Crippen LogP contribution in [0.4, 0.5) is 13.2 Å². The van der Waals surface area contributed by atoms with Crippen molar-refractivity contribution >= 4 is 23.2 Å². The molecule has 0 saturated carbocycles. The normalized spacial score (nSPS) is 10.8. The first-order valence-electron chi connectivity index (χ1n) is 5.18. The van der Waals surface area contributed by atoms with Crippen LogP contribution in [0.5, 0.6) is 5.75 Å². The summed E-state index contributed by atoms with van der Waals surface area (Å²) >= 11 is 12.0. The minimum absolute atomic E-state index is 0.206. The predicted molar refractivity (Wildman–Crippen MR) is 68.5 cm³/mol. The Morgan fingerprint density at radius 2 is 1.63 bits per heavy atom. The molecule has 0 fully saturated rings. The summed E-state index contributed by atoms with van der Waals surface area (Å²) in [5.41, 5.74) is 0.527. The second-order valence-corrected chi connectivity index (χ2v) is 4.43. The van der Waals surface area contributed by atoms with Crippen LogP contribution in [0.1, 0.15) is 0 Å². The Hall–Kier alpha value is -1.39. The maximum Gasteiger partial charge on any atom is 0.387 e. The third-order valence-corrected chi connectivity index (χ3v) is 3.02. The molecule has 0 saturated heterocycles. The first-order valence-corrected chi connectivity index (χ1v) is 5.93. The van der Waals surface area contributed by atoms with E-state index < -0.39 is 12.4 Å². The summed E-state index contributed by atoms with van der Waals surface area (Å²) in [7, 11) is 0. The Morgan fingerprint density at radius 3 is 2.21 bits per heavy atom. The predicted octanol–water partition coefficient (Wildman–Crippen LogP) is 5.40. The van der Waals surface area contributed by atoms with Crippen LogP contribution < -0.4 is 4.74 Å². The van der Waals surface area contributed by atoms with Crippen LogP contribution in [0.3, 0.4) is 0 Å². The molecule has 2 aromatic carbocycles. The lowest BCUT2D eigenvalue weighted by atomic mass is 10.0. The summed E-state index contributed by atoms with van der Waals surface area (Å²) in [5.74, 6) is -1.01. The van der Waals surface area contributed by atoms with Crippen molar-refractivity contribution < 1.29 is 17.9 Å². The molecule has 6 heteroatoms. The number of ether oxygens (including phenoxy) is 1. The standard InChI is InChI=1S/C13H7Cl2F3O/c14-9-2-1-3-10(15)12(9)8-5-4-7(16)6-11(8)19-13(17)18/h1-6,13H. The van der Waals surface area contributed by atoms with Crippen LogP contribution >= 0.6 is 23.2 Å². The highest BCUT2D eigenvalue weighted by Crippen LogP contribution is 2.40. The van der Waals surface area contributed by atoms with Gasteiger partial charge in [0.1, 0.15) is 11.6 Å². The second kappa shape index (κ2) is 5.72. The molecule has 0 amide bonds. The number of hydrogen-bond donors (Lipinski definition) is 0. The van der Waals surface area contributed by atoms with Gasteiger partial charge in [-0.3, -0.25) is 0 Å². The van der Waals surface area contributed by atoms with Gasteiger partial charge in [0.2, 0.25) is 0 Å². The van der Waals surface area contributed by atoms with Crippen molar-refractivity contribution in [3.63, 3.8) is 0 Å². The maximum atomic E-state index is 13.1. The van der Waals surface area contributed by atoms with Gasteiger partial charge in [-0.05, 0) is 24.3 Å². The quantitative estimate of drug-likeness (QED) is 0.737. The van der Waals surface area contributed by atoms with Crippen LogP contribution in [0, 0.1) is 5.82 Å².